The molecule has 0 unspecified atom stereocenters. The van der Waals surface area contributed by atoms with Gasteiger partial charge in [-0.3, -0.25) is 0 Å². The van der Waals surface area contributed by atoms with Crippen LogP contribution in [-0.2, 0) is 6.54 Å². The van der Waals surface area contributed by atoms with Crippen molar-refractivity contribution >= 4 is 29.9 Å². The van der Waals surface area contributed by atoms with E-state index in [4.69, 9.17) is 4.74 Å². The fourth-order valence-electron chi connectivity index (χ4n) is 1.79. The van der Waals surface area contributed by atoms with Gasteiger partial charge >= 0.3 is 0 Å². The van der Waals surface area contributed by atoms with Gasteiger partial charge in [0.25, 0.3) is 0 Å². The summed E-state index contributed by atoms with van der Waals surface area (Å²) in [6, 6.07) is 8.46. The number of benzene rings is 1. The number of ether oxygens (including phenoxy) is 1. The van der Waals surface area contributed by atoms with E-state index in [1.807, 2.05) is 18.2 Å². The van der Waals surface area contributed by atoms with Crippen LogP contribution in [0.5, 0.6) is 5.75 Å². The summed E-state index contributed by atoms with van der Waals surface area (Å²) in [6.45, 7) is 12.8. The number of rotatable bonds is 7. The Morgan fingerprint density at radius 1 is 1.18 bits per heavy atom. The molecule has 1 aromatic rings. The Morgan fingerprint density at radius 2 is 1.86 bits per heavy atom. The molecule has 0 heterocycles. The molecule has 0 fully saturated rings. The predicted molar refractivity (Wildman–Crippen MR) is 105 cm³/mol. The van der Waals surface area contributed by atoms with Gasteiger partial charge in [0, 0.05) is 18.2 Å². The summed E-state index contributed by atoms with van der Waals surface area (Å²) in [6.07, 6.45) is 0. The molecule has 1 rings (SSSR count). The lowest BCUT2D eigenvalue weighted by atomic mass is 10.2. The third-order valence-electron chi connectivity index (χ3n) is 2.72. The molecule has 0 aliphatic heterocycles. The predicted octanol–water partition coefficient (Wildman–Crippen LogP) is 3.80. The Labute approximate surface area is 152 Å². The zero-order chi connectivity index (χ0) is 15.7. The summed E-state index contributed by atoms with van der Waals surface area (Å²) in [4.78, 5) is 4.63. The second-order valence-electron chi connectivity index (χ2n) is 5.81. The molecule has 0 aromatic heterocycles. The number of hydrogen-bond acceptors (Lipinski definition) is 2. The Morgan fingerprint density at radius 3 is 2.45 bits per heavy atom. The van der Waals surface area contributed by atoms with Crippen molar-refractivity contribution in [3.05, 3.63) is 29.8 Å². The van der Waals surface area contributed by atoms with Crippen LogP contribution >= 0.6 is 24.0 Å². The van der Waals surface area contributed by atoms with Gasteiger partial charge in [-0.05, 0) is 32.8 Å². The first kappa shape index (κ1) is 21.0. The van der Waals surface area contributed by atoms with Crippen molar-refractivity contribution in [1.29, 1.82) is 0 Å². The van der Waals surface area contributed by atoms with Crippen LogP contribution < -0.4 is 15.4 Å². The number of nitrogens with zero attached hydrogens (tertiary/aromatic N) is 1. The molecule has 0 spiro atoms. The van der Waals surface area contributed by atoms with Crippen molar-refractivity contribution in [2.24, 2.45) is 10.9 Å². The van der Waals surface area contributed by atoms with Crippen LogP contribution in [-0.4, -0.2) is 25.2 Å². The molecule has 4 nitrogen and oxygen atoms in total. The van der Waals surface area contributed by atoms with E-state index in [2.05, 4.69) is 56.3 Å². The molecule has 0 aliphatic rings. The van der Waals surface area contributed by atoms with Gasteiger partial charge in [0.05, 0.1) is 13.2 Å². The monoisotopic (exact) mass is 419 g/mol. The number of halogens is 1. The summed E-state index contributed by atoms with van der Waals surface area (Å²) in [7, 11) is 0. The summed E-state index contributed by atoms with van der Waals surface area (Å²) in [5.74, 6) is 2.28. The maximum absolute atomic E-state index is 5.86. The number of guanidine groups is 1. The average molecular weight is 419 g/mol. The first-order chi connectivity index (χ1) is 10.0. The lowest BCUT2D eigenvalue weighted by Crippen LogP contribution is -2.41. The van der Waals surface area contributed by atoms with E-state index in [1.165, 1.54) is 0 Å². The average Bonchev–Trinajstić information content (AvgIpc) is 2.43. The highest BCUT2D eigenvalue weighted by molar-refractivity contribution is 14.0. The zero-order valence-electron chi connectivity index (χ0n) is 14.3. The van der Waals surface area contributed by atoms with Crippen LogP contribution in [0.1, 0.15) is 40.2 Å². The maximum atomic E-state index is 5.86. The Balaban J connectivity index is 0.00000441. The quantitative estimate of drug-likeness (QED) is 0.402. The molecule has 1 aromatic carbocycles. The normalized spacial score (nSPS) is 11.3. The van der Waals surface area contributed by atoms with Gasteiger partial charge in [0.2, 0.25) is 0 Å². The molecule has 0 saturated heterocycles. The molecule has 0 bridgehead atoms. The van der Waals surface area contributed by atoms with E-state index in [0.717, 1.165) is 30.4 Å². The van der Waals surface area contributed by atoms with Crippen molar-refractivity contribution in [1.82, 2.24) is 10.6 Å². The van der Waals surface area contributed by atoms with Gasteiger partial charge < -0.3 is 15.4 Å². The number of hydrogen-bond donors (Lipinski definition) is 2. The van der Waals surface area contributed by atoms with Gasteiger partial charge in [-0.25, -0.2) is 4.99 Å². The summed E-state index contributed by atoms with van der Waals surface area (Å²) in [5.41, 5.74) is 1.11. The van der Waals surface area contributed by atoms with Gasteiger partial charge in [-0.15, -0.1) is 24.0 Å². The van der Waals surface area contributed by atoms with Gasteiger partial charge in [-0.2, -0.15) is 0 Å². The fourth-order valence-corrected chi connectivity index (χ4v) is 1.79. The standard InChI is InChI=1S/C17H29N3O.HI/c1-6-18-17(20-14(4)5)19-11-15-9-7-8-10-16(15)21-12-13(2)3;/h7-10,13-14H,6,11-12H2,1-5H3,(H2,18,19,20);1H. The minimum absolute atomic E-state index is 0. The van der Waals surface area contributed by atoms with Crippen LogP contribution in [0.25, 0.3) is 0 Å². The molecule has 0 radical (unpaired) electrons. The van der Waals surface area contributed by atoms with Crippen LogP contribution in [0, 0.1) is 5.92 Å². The number of aliphatic imine (C=N–C) groups is 1. The van der Waals surface area contributed by atoms with Crippen LogP contribution in [0.2, 0.25) is 0 Å². The number of para-hydroxylation sites is 1. The van der Waals surface area contributed by atoms with E-state index in [-0.39, 0.29) is 24.0 Å². The van der Waals surface area contributed by atoms with Crippen LogP contribution in [0.4, 0.5) is 0 Å². The molecular formula is C17H30IN3O. The van der Waals surface area contributed by atoms with Gasteiger partial charge in [0.15, 0.2) is 5.96 Å². The van der Waals surface area contributed by atoms with Crippen LogP contribution in [0.3, 0.4) is 0 Å². The molecule has 0 amide bonds. The Kier molecular flexibility index (Phi) is 11.1. The SMILES string of the molecule is CCNC(=NCc1ccccc1OCC(C)C)NC(C)C.I. The highest BCUT2D eigenvalue weighted by atomic mass is 127. The summed E-state index contributed by atoms with van der Waals surface area (Å²) in [5, 5.41) is 6.57. The first-order valence-corrected chi connectivity index (χ1v) is 7.78. The van der Waals surface area contributed by atoms with Crippen molar-refractivity contribution in [3.63, 3.8) is 0 Å². The lowest BCUT2D eigenvalue weighted by molar-refractivity contribution is 0.268. The van der Waals surface area contributed by atoms with E-state index in [1.54, 1.807) is 0 Å². The van der Waals surface area contributed by atoms with Crippen molar-refractivity contribution in [3.8, 4) is 5.75 Å². The lowest BCUT2D eigenvalue weighted by Gasteiger charge is -2.15. The highest BCUT2D eigenvalue weighted by Gasteiger charge is 2.05. The second-order valence-corrected chi connectivity index (χ2v) is 5.81. The number of nitrogens with one attached hydrogen (secondary N) is 2. The van der Waals surface area contributed by atoms with E-state index < -0.39 is 0 Å². The summed E-state index contributed by atoms with van der Waals surface area (Å²) < 4.78 is 5.86. The zero-order valence-corrected chi connectivity index (χ0v) is 16.7. The molecule has 22 heavy (non-hydrogen) atoms. The highest BCUT2D eigenvalue weighted by Crippen LogP contribution is 2.19. The largest absolute Gasteiger partial charge is 0.493 e. The summed E-state index contributed by atoms with van der Waals surface area (Å²) >= 11 is 0. The molecular weight excluding hydrogens is 389 g/mol. The van der Waals surface area contributed by atoms with Crippen LogP contribution in [0.15, 0.2) is 29.3 Å². The molecule has 0 saturated carbocycles. The molecule has 126 valence electrons. The Bertz CT molecular complexity index is 447. The Hall–Kier alpha value is -0.980. The van der Waals surface area contributed by atoms with E-state index in [0.29, 0.717) is 18.5 Å². The smallest absolute Gasteiger partial charge is 0.191 e. The van der Waals surface area contributed by atoms with Crippen molar-refractivity contribution in [2.75, 3.05) is 13.2 Å². The molecule has 0 atom stereocenters. The maximum Gasteiger partial charge on any atom is 0.191 e. The topological polar surface area (TPSA) is 45.7 Å². The van der Waals surface area contributed by atoms with Crippen molar-refractivity contribution < 1.29 is 4.74 Å². The minimum Gasteiger partial charge on any atom is -0.493 e. The molecule has 5 heteroatoms. The molecule has 2 N–H and O–H groups in total. The van der Waals surface area contributed by atoms with E-state index >= 15 is 0 Å². The fraction of sp³-hybridized carbons (Fsp3) is 0.588. The second kappa shape index (κ2) is 11.6. The minimum atomic E-state index is 0. The van der Waals surface area contributed by atoms with E-state index in [9.17, 15) is 0 Å². The third kappa shape index (κ3) is 8.46. The van der Waals surface area contributed by atoms with Crippen molar-refractivity contribution in [2.45, 2.75) is 47.2 Å². The third-order valence-corrected chi connectivity index (χ3v) is 2.72. The molecule has 0 aliphatic carbocycles. The van der Waals surface area contributed by atoms with Gasteiger partial charge in [-0.1, -0.05) is 32.0 Å². The first-order valence-electron chi connectivity index (χ1n) is 7.78. The van der Waals surface area contributed by atoms with Gasteiger partial charge in [0.1, 0.15) is 5.75 Å².